The van der Waals surface area contributed by atoms with Crippen molar-refractivity contribution in [3.8, 4) is 0 Å². The van der Waals surface area contributed by atoms with Gasteiger partial charge in [-0.15, -0.1) is 0 Å². The molecule has 2 rings (SSSR count). The minimum atomic E-state index is -0.110. The number of nitrogens with zero attached hydrogens (tertiary/aromatic N) is 2. The predicted molar refractivity (Wildman–Crippen MR) is 69.2 cm³/mol. The first-order valence-electron chi connectivity index (χ1n) is 6.11. The smallest absolute Gasteiger partial charge is 0.158 e. The molecule has 1 fully saturated rings. The van der Waals surface area contributed by atoms with E-state index >= 15 is 0 Å². The number of aromatic nitrogens is 2. The van der Waals surface area contributed by atoms with Crippen molar-refractivity contribution in [3.05, 3.63) is 11.9 Å². The fraction of sp³-hybridized carbons (Fsp3) is 0.667. The van der Waals surface area contributed by atoms with E-state index in [0.717, 1.165) is 26.0 Å². The van der Waals surface area contributed by atoms with E-state index in [1.807, 2.05) is 0 Å². The highest BCUT2D eigenvalue weighted by Crippen LogP contribution is 2.25. The van der Waals surface area contributed by atoms with Gasteiger partial charge in [0.2, 0.25) is 0 Å². The first-order valence-corrected chi connectivity index (χ1v) is 6.11. The Balaban J connectivity index is 2.00. The number of hydrogen-bond donors (Lipinski definition) is 2. The maximum absolute atomic E-state index is 5.73. The number of rotatable bonds is 5. The Labute approximate surface area is 107 Å². The van der Waals surface area contributed by atoms with Gasteiger partial charge in [0.25, 0.3) is 0 Å². The third kappa shape index (κ3) is 3.30. The Morgan fingerprint density at radius 1 is 1.56 bits per heavy atom. The highest BCUT2D eigenvalue weighted by atomic mass is 16.5. The molecule has 2 heterocycles. The molecule has 0 bridgehead atoms. The van der Waals surface area contributed by atoms with Gasteiger partial charge < -0.3 is 20.5 Å². The lowest BCUT2D eigenvalue weighted by molar-refractivity contribution is 0.0314. The average molecular weight is 252 g/mol. The molecule has 1 unspecified atom stereocenters. The molecule has 18 heavy (non-hydrogen) atoms. The summed E-state index contributed by atoms with van der Waals surface area (Å²) in [5.41, 5.74) is 5.62. The molecule has 0 aromatic carbocycles. The number of anilines is 2. The maximum Gasteiger partial charge on any atom is 0.158 e. The lowest BCUT2D eigenvalue weighted by atomic mass is 10.0. The molecule has 1 aliphatic heterocycles. The van der Waals surface area contributed by atoms with E-state index in [2.05, 4.69) is 22.2 Å². The summed E-state index contributed by atoms with van der Waals surface area (Å²) in [5, 5.41) is 3.26. The van der Waals surface area contributed by atoms with Crippen LogP contribution in [0, 0.1) is 0 Å². The molecule has 1 atom stereocenters. The van der Waals surface area contributed by atoms with Crippen molar-refractivity contribution < 1.29 is 9.47 Å². The molecule has 0 aliphatic carbocycles. The van der Waals surface area contributed by atoms with Gasteiger partial charge in [-0.25, -0.2) is 9.97 Å². The minimum absolute atomic E-state index is 0.110. The second-order valence-electron chi connectivity index (χ2n) is 4.78. The van der Waals surface area contributed by atoms with Crippen LogP contribution in [0.15, 0.2) is 6.07 Å². The zero-order valence-corrected chi connectivity index (χ0v) is 10.9. The van der Waals surface area contributed by atoms with Crippen LogP contribution in [0.5, 0.6) is 0 Å². The normalized spacial score (nSPS) is 23.2. The van der Waals surface area contributed by atoms with E-state index < -0.39 is 0 Å². The van der Waals surface area contributed by atoms with Crippen LogP contribution in [0.4, 0.5) is 11.6 Å². The standard InChI is InChI=1S/C12H20N4O2/c1-12(4-3-5-18-12)8-14-10-6-9(13)15-11(16-10)7-17-2/h6H,3-5,7-8H2,1-2H3,(H3,13,14,15,16). The highest BCUT2D eigenvalue weighted by molar-refractivity contribution is 5.44. The van der Waals surface area contributed by atoms with Gasteiger partial charge >= 0.3 is 0 Å². The van der Waals surface area contributed by atoms with Gasteiger partial charge in [0.05, 0.1) is 5.60 Å². The molecule has 1 saturated heterocycles. The van der Waals surface area contributed by atoms with Crippen molar-refractivity contribution in [1.29, 1.82) is 0 Å². The van der Waals surface area contributed by atoms with Crippen molar-refractivity contribution >= 4 is 11.6 Å². The van der Waals surface area contributed by atoms with Crippen LogP contribution in [-0.4, -0.2) is 35.8 Å². The second kappa shape index (κ2) is 5.49. The van der Waals surface area contributed by atoms with Crippen molar-refractivity contribution in [1.82, 2.24) is 9.97 Å². The highest BCUT2D eigenvalue weighted by Gasteiger charge is 2.29. The number of methoxy groups -OCH3 is 1. The van der Waals surface area contributed by atoms with Gasteiger partial charge in [-0.1, -0.05) is 0 Å². The SMILES string of the molecule is COCc1nc(N)cc(NCC2(C)CCCO2)n1. The van der Waals surface area contributed by atoms with E-state index in [-0.39, 0.29) is 5.60 Å². The summed E-state index contributed by atoms with van der Waals surface area (Å²) in [6.07, 6.45) is 2.17. The summed E-state index contributed by atoms with van der Waals surface area (Å²) in [6, 6.07) is 1.72. The van der Waals surface area contributed by atoms with E-state index in [1.54, 1.807) is 13.2 Å². The quantitative estimate of drug-likeness (QED) is 0.819. The second-order valence-corrected chi connectivity index (χ2v) is 4.78. The van der Waals surface area contributed by atoms with Crippen LogP contribution in [-0.2, 0) is 16.1 Å². The molecular formula is C12H20N4O2. The monoisotopic (exact) mass is 252 g/mol. The number of nitrogens with two attached hydrogens (primary N) is 1. The van der Waals surface area contributed by atoms with Crippen molar-refractivity contribution in [2.24, 2.45) is 0 Å². The molecule has 0 spiro atoms. The van der Waals surface area contributed by atoms with Gasteiger partial charge in [-0.05, 0) is 19.8 Å². The maximum atomic E-state index is 5.73. The molecule has 0 amide bonds. The molecular weight excluding hydrogens is 232 g/mol. The van der Waals surface area contributed by atoms with Gasteiger partial charge in [0.1, 0.15) is 18.2 Å². The topological polar surface area (TPSA) is 82.3 Å². The van der Waals surface area contributed by atoms with Crippen LogP contribution in [0.2, 0.25) is 0 Å². The number of nitrogens with one attached hydrogen (secondary N) is 1. The molecule has 6 nitrogen and oxygen atoms in total. The molecule has 100 valence electrons. The summed E-state index contributed by atoms with van der Waals surface area (Å²) in [7, 11) is 1.60. The van der Waals surface area contributed by atoms with Crippen LogP contribution in [0.1, 0.15) is 25.6 Å². The molecule has 3 N–H and O–H groups in total. The van der Waals surface area contributed by atoms with Crippen LogP contribution >= 0.6 is 0 Å². The van der Waals surface area contributed by atoms with E-state index in [4.69, 9.17) is 15.2 Å². The Morgan fingerprint density at radius 2 is 2.39 bits per heavy atom. The first kappa shape index (κ1) is 13.0. The minimum Gasteiger partial charge on any atom is -0.384 e. The fourth-order valence-corrected chi connectivity index (χ4v) is 2.06. The fourth-order valence-electron chi connectivity index (χ4n) is 2.06. The number of hydrogen-bond acceptors (Lipinski definition) is 6. The Bertz CT molecular complexity index is 405. The molecule has 0 radical (unpaired) electrons. The molecule has 1 aromatic rings. The van der Waals surface area contributed by atoms with Crippen LogP contribution in [0.25, 0.3) is 0 Å². The summed E-state index contributed by atoms with van der Waals surface area (Å²) in [4.78, 5) is 8.42. The lowest BCUT2D eigenvalue weighted by Crippen LogP contribution is -2.32. The molecule has 1 aromatic heterocycles. The largest absolute Gasteiger partial charge is 0.384 e. The van der Waals surface area contributed by atoms with Crippen molar-refractivity contribution in [2.45, 2.75) is 32.0 Å². The lowest BCUT2D eigenvalue weighted by Gasteiger charge is -2.23. The van der Waals surface area contributed by atoms with Gasteiger partial charge in [-0.3, -0.25) is 0 Å². The zero-order chi connectivity index (χ0) is 13.0. The van der Waals surface area contributed by atoms with Crippen LogP contribution < -0.4 is 11.1 Å². The van der Waals surface area contributed by atoms with E-state index in [9.17, 15) is 0 Å². The van der Waals surface area contributed by atoms with Crippen LogP contribution in [0.3, 0.4) is 0 Å². The average Bonchev–Trinajstić information content (AvgIpc) is 2.74. The van der Waals surface area contributed by atoms with Crippen molar-refractivity contribution in [2.75, 3.05) is 31.3 Å². The van der Waals surface area contributed by atoms with E-state index in [1.165, 1.54) is 0 Å². The van der Waals surface area contributed by atoms with Gasteiger partial charge in [0, 0.05) is 26.3 Å². The Kier molecular flexibility index (Phi) is 3.98. The van der Waals surface area contributed by atoms with Gasteiger partial charge in [-0.2, -0.15) is 0 Å². The summed E-state index contributed by atoms with van der Waals surface area (Å²) >= 11 is 0. The Hall–Kier alpha value is -1.40. The predicted octanol–water partition coefficient (Wildman–Crippen LogP) is 1.19. The number of ether oxygens (including phenoxy) is 2. The zero-order valence-electron chi connectivity index (χ0n) is 10.9. The molecule has 1 aliphatic rings. The summed E-state index contributed by atoms with van der Waals surface area (Å²) < 4.78 is 10.7. The molecule has 6 heteroatoms. The van der Waals surface area contributed by atoms with E-state index in [0.29, 0.717) is 24.1 Å². The summed E-state index contributed by atoms with van der Waals surface area (Å²) in [5.74, 6) is 1.74. The molecule has 0 saturated carbocycles. The third-order valence-corrected chi connectivity index (χ3v) is 3.01. The third-order valence-electron chi connectivity index (χ3n) is 3.01. The van der Waals surface area contributed by atoms with Gasteiger partial charge in [0.15, 0.2) is 5.82 Å². The van der Waals surface area contributed by atoms with Crippen molar-refractivity contribution in [3.63, 3.8) is 0 Å². The Morgan fingerprint density at radius 3 is 3.06 bits per heavy atom. The summed E-state index contributed by atoms with van der Waals surface area (Å²) in [6.45, 7) is 4.01. The number of nitrogen functional groups attached to an aromatic ring is 1. The first-order chi connectivity index (χ1) is 8.61.